The molecule has 5 heteroatoms. The number of nitrogens with zero attached hydrogens (tertiary/aromatic N) is 1. The number of ketones is 1. The normalized spacial score (nSPS) is 34.3. The molecule has 0 spiro atoms. The Bertz CT molecular complexity index is 786. The number of benzene rings is 1. The zero-order valence-electron chi connectivity index (χ0n) is 15.0. The first-order chi connectivity index (χ1) is 11.8. The van der Waals surface area contributed by atoms with E-state index < -0.39 is 11.0 Å². The van der Waals surface area contributed by atoms with Crippen LogP contribution >= 0.6 is 0 Å². The van der Waals surface area contributed by atoms with Gasteiger partial charge < -0.3 is 19.8 Å². The maximum absolute atomic E-state index is 12.0. The average Bonchev–Trinajstić information content (AvgIpc) is 2.58. The second-order valence-corrected chi connectivity index (χ2v) is 7.81. The summed E-state index contributed by atoms with van der Waals surface area (Å²) >= 11 is 0. The number of allylic oxidation sites excluding steroid dienone is 1. The zero-order valence-corrected chi connectivity index (χ0v) is 15.0. The fraction of sp³-hybridized carbons (Fsp3) is 0.550. The number of likely N-dealkylation sites (tertiary alicyclic amines) is 1. The van der Waals surface area contributed by atoms with Crippen molar-refractivity contribution in [1.29, 1.82) is 0 Å². The second kappa shape index (κ2) is 5.32. The Morgan fingerprint density at radius 2 is 2.12 bits per heavy atom. The lowest BCUT2D eigenvalue weighted by Gasteiger charge is -2.63. The number of carbonyl (C=O) groups excluding carboxylic acids is 1. The molecule has 1 aliphatic heterocycles. The lowest BCUT2D eigenvalue weighted by Crippen LogP contribution is -2.72. The molecule has 4 rings (SSSR count). The molecular formula is C20H25NO4. The Morgan fingerprint density at radius 3 is 2.80 bits per heavy atom. The van der Waals surface area contributed by atoms with Crippen LogP contribution in [0.3, 0.4) is 0 Å². The molecule has 0 radical (unpaired) electrons. The van der Waals surface area contributed by atoms with E-state index in [0.29, 0.717) is 12.0 Å². The lowest BCUT2D eigenvalue weighted by molar-refractivity contribution is -0.150. The molecule has 5 nitrogen and oxygen atoms in total. The predicted molar refractivity (Wildman–Crippen MR) is 93.9 cm³/mol. The summed E-state index contributed by atoms with van der Waals surface area (Å²) in [5.41, 5.74) is 1.00. The maximum atomic E-state index is 12.0. The Kier molecular flexibility index (Phi) is 3.54. The van der Waals surface area contributed by atoms with Gasteiger partial charge in [0.05, 0.1) is 12.7 Å². The number of ether oxygens (including phenoxy) is 1. The Morgan fingerprint density at radius 1 is 1.36 bits per heavy atom. The van der Waals surface area contributed by atoms with E-state index in [4.69, 9.17) is 4.74 Å². The fourth-order valence-corrected chi connectivity index (χ4v) is 5.35. The number of aliphatic hydroxyl groups is 2. The molecule has 3 aliphatic rings. The van der Waals surface area contributed by atoms with Gasteiger partial charge in [-0.1, -0.05) is 6.07 Å². The summed E-state index contributed by atoms with van der Waals surface area (Å²) in [4.78, 5) is 14.2. The summed E-state index contributed by atoms with van der Waals surface area (Å²) < 4.78 is 5.41. The van der Waals surface area contributed by atoms with Crippen molar-refractivity contribution >= 4 is 5.78 Å². The van der Waals surface area contributed by atoms with E-state index in [2.05, 4.69) is 11.0 Å². The van der Waals surface area contributed by atoms with Crippen molar-refractivity contribution in [3.63, 3.8) is 0 Å². The number of Topliss-reactive ketones (excluding diaryl/α,β-unsaturated/α-hetero) is 1. The SMILES string of the molecule is COc1ccc2c(c1)[C@]13CCN(C)[C@H](C2)[C@]1(O)CC(C(C)=O)=C(O)C3. The molecule has 0 aromatic heterocycles. The molecule has 2 aliphatic carbocycles. The van der Waals surface area contributed by atoms with Gasteiger partial charge in [-0.2, -0.15) is 0 Å². The van der Waals surface area contributed by atoms with Crippen molar-refractivity contribution in [2.45, 2.75) is 49.7 Å². The molecule has 1 fully saturated rings. The third-order valence-corrected chi connectivity index (χ3v) is 6.74. The van der Waals surface area contributed by atoms with E-state index in [-0.39, 0.29) is 24.0 Å². The molecule has 1 aromatic carbocycles. The summed E-state index contributed by atoms with van der Waals surface area (Å²) in [5.74, 6) is 0.739. The average molecular weight is 343 g/mol. The Balaban J connectivity index is 1.97. The van der Waals surface area contributed by atoms with Crippen molar-refractivity contribution in [3.8, 4) is 5.75 Å². The van der Waals surface area contributed by atoms with E-state index in [1.54, 1.807) is 7.11 Å². The molecule has 134 valence electrons. The van der Waals surface area contributed by atoms with Gasteiger partial charge >= 0.3 is 0 Å². The highest BCUT2D eigenvalue weighted by molar-refractivity contribution is 5.94. The predicted octanol–water partition coefficient (Wildman–Crippen LogP) is 2.12. The number of fused-ring (bicyclic) bond motifs is 1. The number of methoxy groups -OCH3 is 1. The summed E-state index contributed by atoms with van der Waals surface area (Å²) in [7, 11) is 3.67. The van der Waals surface area contributed by atoms with Gasteiger partial charge in [0.15, 0.2) is 5.78 Å². The van der Waals surface area contributed by atoms with Gasteiger partial charge in [-0.05, 0) is 56.6 Å². The molecule has 2 bridgehead atoms. The molecule has 0 amide bonds. The van der Waals surface area contributed by atoms with Crippen LogP contribution in [0.4, 0.5) is 0 Å². The van der Waals surface area contributed by atoms with E-state index in [0.717, 1.165) is 30.7 Å². The topological polar surface area (TPSA) is 70.0 Å². The minimum absolute atomic E-state index is 0.0652. The number of rotatable bonds is 2. The van der Waals surface area contributed by atoms with Crippen LogP contribution in [0.1, 0.15) is 37.3 Å². The van der Waals surface area contributed by atoms with Crippen LogP contribution in [0.5, 0.6) is 5.75 Å². The largest absolute Gasteiger partial charge is 0.512 e. The van der Waals surface area contributed by atoms with Gasteiger partial charge in [0, 0.05) is 29.9 Å². The van der Waals surface area contributed by atoms with Crippen LogP contribution in [0.25, 0.3) is 0 Å². The van der Waals surface area contributed by atoms with Gasteiger partial charge in [0.1, 0.15) is 11.5 Å². The van der Waals surface area contributed by atoms with Crippen molar-refractivity contribution in [1.82, 2.24) is 4.90 Å². The van der Waals surface area contributed by atoms with Crippen LogP contribution < -0.4 is 4.74 Å². The van der Waals surface area contributed by atoms with E-state index in [1.165, 1.54) is 12.5 Å². The Hall–Kier alpha value is -1.85. The van der Waals surface area contributed by atoms with Crippen LogP contribution in [0.2, 0.25) is 0 Å². The number of hydrogen-bond donors (Lipinski definition) is 2. The summed E-state index contributed by atoms with van der Waals surface area (Å²) in [6, 6.07) is 5.97. The molecule has 0 unspecified atom stereocenters. The third-order valence-electron chi connectivity index (χ3n) is 6.74. The van der Waals surface area contributed by atoms with Gasteiger partial charge in [-0.25, -0.2) is 0 Å². The quantitative estimate of drug-likeness (QED) is 0.861. The standard InChI is InChI=1S/C20H25NO4/c1-12(22)15-10-20(24)18-8-13-4-5-14(25-3)9-16(13)19(20,11-17(15)23)6-7-21(18)2/h4-5,9,18,23-24H,6-8,10-11H2,1-3H3/t18-,19-,20-/m1/s1. The fourth-order valence-electron chi connectivity index (χ4n) is 5.35. The third kappa shape index (κ3) is 2.06. The van der Waals surface area contributed by atoms with Crippen molar-refractivity contribution in [2.75, 3.05) is 20.7 Å². The zero-order chi connectivity index (χ0) is 18.0. The molecular weight excluding hydrogens is 318 g/mol. The lowest BCUT2D eigenvalue weighted by atomic mass is 9.49. The number of hydrogen-bond acceptors (Lipinski definition) is 5. The van der Waals surface area contributed by atoms with Crippen LogP contribution in [-0.2, 0) is 16.6 Å². The summed E-state index contributed by atoms with van der Waals surface area (Å²) in [6.45, 7) is 2.32. The van der Waals surface area contributed by atoms with Crippen LogP contribution in [0, 0.1) is 0 Å². The minimum Gasteiger partial charge on any atom is -0.512 e. The Labute approximate surface area is 147 Å². The highest BCUT2D eigenvalue weighted by Gasteiger charge is 2.64. The van der Waals surface area contributed by atoms with Crippen LogP contribution in [0.15, 0.2) is 29.5 Å². The van der Waals surface area contributed by atoms with Crippen molar-refractivity contribution in [2.24, 2.45) is 0 Å². The number of carbonyl (C=O) groups is 1. The van der Waals surface area contributed by atoms with E-state index in [9.17, 15) is 15.0 Å². The van der Waals surface area contributed by atoms with Crippen molar-refractivity contribution < 1.29 is 19.7 Å². The van der Waals surface area contributed by atoms with E-state index in [1.807, 2.05) is 19.2 Å². The highest BCUT2D eigenvalue weighted by atomic mass is 16.5. The molecule has 3 atom stereocenters. The van der Waals surface area contributed by atoms with E-state index >= 15 is 0 Å². The molecule has 1 aromatic rings. The molecule has 25 heavy (non-hydrogen) atoms. The van der Waals surface area contributed by atoms with Gasteiger partial charge in [-0.15, -0.1) is 0 Å². The maximum Gasteiger partial charge on any atom is 0.159 e. The molecule has 1 heterocycles. The van der Waals surface area contributed by atoms with Gasteiger partial charge in [0.25, 0.3) is 0 Å². The number of piperidine rings is 1. The second-order valence-electron chi connectivity index (χ2n) is 7.81. The van der Waals surface area contributed by atoms with Crippen LogP contribution in [-0.4, -0.2) is 53.2 Å². The van der Waals surface area contributed by atoms with Gasteiger partial charge in [-0.3, -0.25) is 4.79 Å². The highest BCUT2D eigenvalue weighted by Crippen LogP contribution is 2.59. The molecule has 2 N–H and O–H groups in total. The van der Waals surface area contributed by atoms with Gasteiger partial charge in [0.2, 0.25) is 0 Å². The first kappa shape index (κ1) is 16.6. The minimum atomic E-state index is -1.06. The molecule has 0 saturated carbocycles. The number of likely N-dealkylation sites (N-methyl/N-ethyl adjacent to an activating group) is 1. The summed E-state index contributed by atoms with van der Waals surface area (Å²) in [6.07, 6.45) is 1.99. The smallest absolute Gasteiger partial charge is 0.159 e. The summed E-state index contributed by atoms with van der Waals surface area (Å²) in [5, 5.41) is 22.5. The number of aliphatic hydroxyl groups excluding tert-OH is 1. The molecule has 1 saturated heterocycles. The first-order valence-corrected chi connectivity index (χ1v) is 8.84. The van der Waals surface area contributed by atoms with Crippen molar-refractivity contribution in [3.05, 3.63) is 40.7 Å². The first-order valence-electron chi connectivity index (χ1n) is 8.84. The monoisotopic (exact) mass is 343 g/mol.